The average Bonchev–Trinajstić information content (AvgIpc) is 2.74. The van der Waals surface area contributed by atoms with Gasteiger partial charge in [0.1, 0.15) is 5.54 Å². The predicted octanol–water partition coefficient (Wildman–Crippen LogP) is 0.194. The van der Waals surface area contributed by atoms with Gasteiger partial charge in [0.15, 0.2) is 0 Å². The van der Waals surface area contributed by atoms with E-state index in [0.717, 1.165) is 45.2 Å². The van der Waals surface area contributed by atoms with Crippen molar-refractivity contribution in [2.45, 2.75) is 50.6 Å². The summed E-state index contributed by atoms with van der Waals surface area (Å²) in [6, 6.07) is 2.06. The molecule has 1 saturated carbocycles. The van der Waals surface area contributed by atoms with E-state index < -0.39 is 5.54 Å². The molecule has 3 aliphatic rings. The van der Waals surface area contributed by atoms with Crippen LogP contribution in [0.25, 0.3) is 0 Å². The maximum Gasteiger partial charge on any atom is 0.238 e. The van der Waals surface area contributed by atoms with Crippen LogP contribution in [0.4, 0.5) is 0 Å². The van der Waals surface area contributed by atoms with Gasteiger partial charge < -0.3 is 15.0 Å². The van der Waals surface area contributed by atoms with Gasteiger partial charge in [0.25, 0.3) is 0 Å². The number of nitriles is 1. The Balaban J connectivity index is 1.45. The second-order valence-electron chi connectivity index (χ2n) is 8.23. The van der Waals surface area contributed by atoms with Gasteiger partial charge in [0.2, 0.25) is 11.8 Å². The summed E-state index contributed by atoms with van der Waals surface area (Å²) in [5.74, 6) is 0.0841. The molecule has 0 bridgehead atoms. The zero-order valence-corrected chi connectivity index (χ0v) is 17.0. The molecule has 2 heterocycles. The Labute approximate surface area is 167 Å². The number of morpholine rings is 1. The normalized spacial score (nSPS) is 24.9. The molecule has 28 heavy (non-hydrogen) atoms. The summed E-state index contributed by atoms with van der Waals surface area (Å²) in [5, 5.41) is 12.6. The van der Waals surface area contributed by atoms with Crippen molar-refractivity contribution in [3.63, 3.8) is 0 Å². The van der Waals surface area contributed by atoms with Crippen LogP contribution in [-0.4, -0.2) is 97.1 Å². The summed E-state index contributed by atoms with van der Waals surface area (Å²) in [4.78, 5) is 31.4. The summed E-state index contributed by atoms with van der Waals surface area (Å²) in [7, 11) is 0. The molecule has 0 radical (unpaired) electrons. The topological polar surface area (TPSA) is 88.9 Å². The molecule has 8 nitrogen and oxygen atoms in total. The number of hydrogen-bond acceptors (Lipinski definition) is 6. The molecule has 156 valence electrons. The van der Waals surface area contributed by atoms with E-state index in [1.165, 1.54) is 0 Å². The SMILES string of the molecule is CC(C(=O)NC1(C#N)CCCCC1)N1CCN(C(=O)CN2CCOCC2)CC1. The maximum absolute atomic E-state index is 12.7. The Bertz CT molecular complexity index is 585. The molecule has 2 amide bonds. The van der Waals surface area contributed by atoms with E-state index in [1.54, 1.807) is 0 Å². The minimum atomic E-state index is -0.695. The van der Waals surface area contributed by atoms with Gasteiger partial charge in [-0.15, -0.1) is 0 Å². The molecule has 1 unspecified atom stereocenters. The van der Waals surface area contributed by atoms with Crippen LogP contribution in [0.1, 0.15) is 39.0 Å². The summed E-state index contributed by atoms with van der Waals surface area (Å²) in [5.41, 5.74) is -0.695. The summed E-state index contributed by atoms with van der Waals surface area (Å²) < 4.78 is 5.33. The molecule has 3 rings (SSSR count). The quantitative estimate of drug-likeness (QED) is 0.720. The minimum absolute atomic E-state index is 0.0726. The van der Waals surface area contributed by atoms with E-state index in [9.17, 15) is 14.9 Å². The molecular formula is C20H33N5O3. The van der Waals surface area contributed by atoms with E-state index in [1.807, 2.05) is 11.8 Å². The zero-order valence-electron chi connectivity index (χ0n) is 17.0. The second-order valence-corrected chi connectivity index (χ2v) is 8.23. The lowest BCUT2D eigenvalue weighted by molar-refractivity contribution is -0.136. The maximum atomic E-state index is 12.7. The first kappa shape index (κ1) is 21.0. The van der Waals surface area contributed by atoms with E-state index in [4.69, 9.17) is 4.74 Å². The van der Waals surface area contributed by atoms with Crippen molar-refractivity contribution in [2.75, 3.05) is 59.0 Å². The van der Waals surface area contributed by atoms with E-state index >= 15 is 0 Å². The molecular weight excluding hydrogens is 358 g/mol. The van der Waals surface area contributed by atoms with Crippen molar-refractivity contribution >= 4 is 11.8 Å². The zero-order chi connectivity index (χ0) is 20.0. The number of carbonyl (C=O) groups is 2. The van der Waals surface area contributed by atoms with Gasteiger partial charge in [0, 0.05) is 39.3 Å². The molecule has 1 atom stereocenters. The lowest BCUT2D eigenvalue weighted by Crippen LogP contribution is -2.59. The first-order valence-electron chi connectivity index (χ1n) is 10.6. The van der Waals surface area contributed by atoms with Crippen molar-refractivity contribution < 1.29 is 14.3 Å². The first-order valence-corrected chi connectivity index (χ1v) is 10.6. The number of nitrogens with zero attached hydrogens (tertiary/aromatic N) is 4. The standard InChI is InChI=1S/C20H33N5O3/c1-17(19(27)22-20(16-21)5-3-2-4-6-20)24-7-9-25(10-8-24)18(26)15-23-11-13-28-14-12-23/h17H,2-15H2,1H3,(H,22,27). The molecule has 0 aromatic carbocycles. The van der Waals surface area contributed by atoms with Gasteiger partial charge in [0.05, 0.1) is 31.9 Å². The second kappa shape index (κ2) is 9.68. The molecule has 0 aromatic heterocycles. The molecule has 8 heteroatoms. The Morgan fingerprint density at radius 3 is 2.32 bits per heavy atom. The van der Waals surface area contributed by atoms with Crippen LogP contribution in [0, 0.1) is 11.3 Å². The average molecular weight is 392 g/mol. The minimum Gasteiger partial charge on any atom is -0.379 e. The van der Waals surface area contributed by atoms with Crippen LogP contribution >= 0.6 is 0 Å². The number of amides is 2. The largest absolute Gasteiger partial charge is 0.379 e. The Hall–Kier alpha value is -1.69. The van der Waals surface area contributed by atoms with E-state index in [2.05, 4.69) is 21.2 Å². The van der Waals surface area contributed by atoms with Gasteiger partial charge in [-0.2, -0.15) is 5.26 Å². The monoisotopic (exact) mass is 391 g/mol. The highest BCUT2D eigenvalue weighted by molar-refractivity contribution is 5.82. The van der Waals surface area contributed by atoms with E-state index in [0.29, 0.717) is 45.9 Å². The number of piperazine rings is 1. The third-order valence-corrected chi connectivity index (χ3v) is 6.34. The fraction of sp³-hybridized carbons (Fsp3) is 0.850. The number of nitrogens with one attached hydrogen (secondary N) is 1. The third-order valence-electron chi connectivity index (χ3n) is 6.34. The predicted molar refractivity (Wildman–Crippen MR) is 104 cm³/mol. The van der Waals surface area contributed by atoms with Crippen molar-refractivity contribution in [3.8, 4) is 6.07 Å². The van der Waals surface area contributed by atoms with Crippen LogP contribution in [0.15, 0.2) is 0 Å². The van der Waals surface area contributed by atoms with Crippen LogP contribution in [0.5, 0.6) is 0 Å². The first-order chi connectivity index (χ1) is 13.5. The highest BCUT2D eigenvalue weighted by atomic mass is 16.5. The lowest BCUT2D eigenvalue weighted by atomic mass is 9.82. The van der Waals surface area contributed by atoms with Gasteiger partial charge in [-0.05, 0) is 19.8 Å². The smallest absolute Gasteiger partial charge is 0.238 e. The fourth-order valence-electron chi connectivity index (χ4n) is 4.34. The van der Waals surface area contributed by atoms with Gasteiger partial charge in [-0.1, -0.05) is 19.3 Å². The number of ether oxygens (including phenoxy) is 1. The molecule has 1 N–H and O–H groups in total. The van der Waals surface area contributed by atoms with E-state index in [-0.39, 0.29) is 17.9 Å². The van der Waals surface area contributed by atoms with Crippen molar-refractivity contribution in [1.29, 1.82) is 5.26 Å². The highest BCUT2D eigenvalue weighted by Crippen LogP contribution is 2.27. The number of hydrogen-bond donors (Lipinski definition) is 1. The molecule has 1 aliphatic carbocycles. The number of rotatable bonds is 5. The summed E-state index contributed by atoms with van der Waals surface area (Å²) >= 11 is 0. The Kier molecular flexibility index (Phi) is 7.27. The van der Waals surface area contributed by atoms with Crippen molar-refractivity contribution in [2.24, 2.45) is 0 Å². The van der Waals surface area contributed by atoms with Gasteiger partial charge in [-0.3, -0.25) is 19.4 Å². The molecule has 2 aliphatic heterocycles. The van der Waals surface area contributed by atoms with Crippen molar-refractivity contribution in [3.05, 3.63) is 0 Å². The fourth-order valence-corrected chi connectivity index (χ4v) is 4.34. The third kappa shape index (κ3) is 5.22. The lowest BCUT2D eigenvalue weighted by Gasteiger charge is -2.39. The van der Waals surface area contributed by atoms with Gasteiger partial charge >= 0.3 is 0 Å². The summed E-state index contributed by atoms with van der Waals surface area (Å²) in [6.45, 7) is 8.00. The molecule has 3 fully saturated rings. The van der Waals surface area contributed by atoms with Crippen molar-refractivity contribution in [1.82, 2.24) is 20.0 Å². The van der Waals surface area contributed by atoms with Crippen LogP contribution < -0.4 is 5.32 Å². The molecule has 0 aromatic rings. The molecule has 0 spiro atoms. The molecule has 2 saturated heterocycles. The van der Waals surface area contributed by atoms with Gasteiger partial charge in [-0.25, -0.2) is 0 Å². The highest BCUT2D eigenvalue weighted by Gasteiger charge is 2.36. The van der Waals surface area contributed by atoms with Crippen LogP contribution in [-0.2, 0) is 14.3 Å². The summed E-state index contributed by atoms with van der Waals surface area (Å²) in [6.07, 6.45) is 4.60. The number of carbonyl (C=O) groups excluding carboxylic acids is 2. The Morgan fingerprint density at radius 2 is 1.71 bits per heavy atom. The Morgan fingerprint density at radius 1 is 1.07 bits per heavy atom. The van der Waals surface area contributed by atoms with Crippen LogP contribution in [0.2, 0.25) is 0 Å². The van der Waals surface area contributed by atoms with Crippen LogP contribution in [0.3, 0.4) is 0 Å².